The smallest absolute Gasteiger partial charge is 0.227 e. The zero-order valence-corrected chi connectivity index (χ0v) is 16.7. The quantitative estimate of drug-likeness (QED) is 0.724. The fourth-order valence-electron chi connectivity index (χ4n) is 3.78. The van der Waals surface area contributed by atoms with Gasteiger partial charge in [-0.05, 0) is 31.6 Å². The van der Waals surface area contributed by atoms with Gasteiger partial charge in [0.1, 0.15) is 0 Å². The first-order valence-corrected chi connectivity index (χ1v) is 10.3. The first-order valence-electron chi connectivity index (χ1n) is 10.3. The van der Waals surface area contributed by atoms with Crippen molar-refractivity contribution in [3.63, 3.8) is 0 Å². The maximum atomic E-state index is 12.9. The second-order valence-corrected chi connectivity index (χ2v) is 8.07. The number of piperazine rings is 1. The third-order valence-electron chi connectivity index (χ3n) is 5.47. The number of carbonyl (C=O) groups is 3. The Balaban J connectivity index is 1.80. The molecule has 2 rings (SSSR count). The van der Waals surface area contributed by atoms with E-state index in [-0.39, 0.29) is 23.6 Å². The van der Waals surface area contributed by atoms with E-state index in [1.807, 2.05) is 21.6 Å². The third kappa shape index (κ3) is 5.71. The summed E-state index contributed by atoms with van der Waals surface area (Å²) in [5.74, 6) is 0.998. The molecule has 2 heterocycles. The molecule has 0 spiro atoms. The highest BCUT2D eigenvalue weighted by Crippen LogP contribution is 2.21. The van der Waals surface area contributed by atoms with E-state index in [0.29, 0.717) is 51.5 Å². The molecule has 0 aromatic carbocycles. The number of amides is 3. The summed E-state index contributed by atoms with van der Waals surface area (Å²) in [6.07, 6.45) is 4.70. The summed E-state index contributed by atoms with van der Waals surface area (Å²) in [7, 11) is 0. The van der Waals surface area contributed by atoms with Crippen molar-refractivity contribution in [1.82, 2.24) is 14.7 Å². The van der Waals surface area contributed by atoms with Crippen LogP contribution in [-0.4, -0.2) is 71.7 Å². The summed E-state index contributed by atoms with van der Waals surface area (Å²) in [6.45, 7) is 10.1. The molecule has 0 N–H and O–H groups in total. The van der Waals surface area contributed by atoms with E-state index in [4.69, 9.17) is 0 Å². The minimum Gasteiger partial charge on any atom is -0.342 e. The van der Waals surface area contributed by atoms with Crippen molar-refractivity contribution in [1.29, 1.82) is 0 Å². The Morgan fingerprint density at radius 2 is 1.50 bits per heavy atom. The van der Waals surface area contributed by atoms with E-state index < -0.39 is 0 Å². The van der Waals surface area contributed by atoms with Gasteiger partial charge in [0.25, 0.3) is 0 Å². The second-order valence-electron chi connectivity index (χ2n) is 8.07. The minimum absolute atomic E-state index is 0.0762. The fraction of sp³-hybridized carbons (Fsp3) is 0.850. The van der Waals surface area contributed by atoms with Crippen LogP contribution in [-0.2, 0) is 14.4 Å². The molecule has 2 aliphatic heterocycles. The lowest BCUT2D eigenvalue weighted by atomic mass is 9.95. The first kappa shape index (κ1) is 20.7. The van der Waals surface area contributed by atoms with Gasteiger partial charge in [0, 0.05) is 52.1 Å². The molecule has 1 unspecified atom stereocenters. The Labute approximate surface area is 157 Å². The molecule has 0 radical (unpaired) electrons. The average molecular weight is 366 g/mol. The molecule has 1 atom stereocenters. The van der Waals surface area contributed by atoms with Crippen LogP contribution < -0.4 is 0 Å². The highest BCUT2D eigenvalue weighted by atomic mass is 16.2. The van der Waals surface area contributed by atoms with Crippen LogP contribution in [0, 0.1) is 11.8 Å². The van der Waals surface area contributed by atoms with E-state index in [1.54, 1.807) is 0 Å². The molecular formula is C20H35N3O3. The van der Waals surface area contributed by atoms with E-state index in [1.165, 1.54) is 0 Å². The Hall–Kier alpha value is -1.59. The van der Waals surface area contributed by atoms with Gasteiger partial charge in [-0.2, -0.15) is 0 Å². The number of carbonyl (C=O) groups excluding carboxylic acids is 3. The largest absolute Gasteiger partial charge is 0.342 e. The molecule has 0 aliphatic carbocycles. The summed E-state index contributed by atoms with van der Waals surface area (Å²) in [4.78, 5) is 42.9. The lowest BCUT2D eigenvalue weighted by molar-refractivity contribution is -0.145. The highest BCUT2D eigenvalue weighted by molar-refractivity contribution is 5.82. The molecule has 0 aromatic rings. The van der Waals surface area contributed by atoms with Gasteiger partial charge < -0.3 is 14.7 Å². The van der Waals surface area contributed by atoms with Crippen molar-refractivity contribution < 1.29 is 14.4 Å². The number of nitrogens with zero attached hydrogens (tertiary/aromatic N) is 3. The van der Waals surface area contributed by atoms with E-state index in [0.717, 1.165) is 32.2 Å². The topological polar surface area (TPSA) is 60.9 Å². The molecule has 0 saturated carbocycles. The summed E-state index contributed by atoms with van der Waals surface area (Å²) in [5, 5.41) is 0. The third-order valence-corrected chi connectivity index (χ3v) is 5.47. The molecule has 6 heteroatoms. The molecule has 148 valence electrons. The zero-order chi connectivity index (χ0) is 19.1. The van der Waals surface area contributed by atoms with E-state index >= 15 is 0 Å². The van der Waals surface area contributed by atoms with Gasteiger partial charge in [0.2, 0.25) is 17.7 Å². The molecule has 6 nitrogen and oxygen atoms in total. The van der Waals surface area contributed by atoms with E-state index in [9.17, 15) is 14.4 Å². The van der Waals surface area contributed by atoms with Gasteiger partial charge in [-0.1, -0.05) is 20.8 Å². The fourth-order valence-corrected chi connectivity index (χ4v) is 3.78. The lowest BCUT2D eigenvalue weighted by Crippen LogP contribution is -2.54. The standard InChI is InChI=1S/C20H35N3O3/c1-4-6-18(24)23-10-5-7-17(15-23)20(26)22-13-11-21(12-14-22)19(25)9-8-16(2)3/h16-17H,4-15H2,1-3H3. The number of likely N-dealkylation sites (tertiary alicyclic amines) is 1. The van der Waals surface area contributed by atoms with Crippen molar-refractivity contribution in [3.8, 4) is 0 Å². The van der Waals surface area contributed by atoms with Crippen molar-refractivity contribution in [3.05, 3.63) is 0 Å². The van der Waals surface area contributed by atoms with Crippen LogP contribution in [0.15, 0.2) is 0 Å². The normalized spacial score (nSPS) is 21.2. The van der Waals surface area contributed by atoms with Crippen LogP contribution in [0.5, 0.6) is 0 Å². The van der Waals surface area contributed by atoms with Crippen molar-refractivity contribution in [2.75, 3.05) is 39.3 Å². The molecule has 0 bridgehead atoms. The highest BCUT2D eigenvalue weighted by Gasteiger charge is 2.32. The summed E-state index contributed by atoms with van der Waals surface area (Å²) >= 11 is 0. The van der Waals surface area contributed by atoms with Crippen LogP contribution in [0.2, 0.25) is 0 Å². The summed E-state index contributed by atoms with van der Waals surface area (Å²) in [5.41, 5.74) is 0. The van der Waals surface area contributed by atoms with Gasteiger partial charge in [-0.15, -0.1) is 0 Å². The number of piperidine rings is 1. The molecular weight excluding hydrogens is 330 g/mol. The monoisotopic (exact) mass is 365 g/mol. The Morgan fingerprint density at radius 3 is 2.12 bits per heavy atom. The van der Waals surface area contributed by atoms with Crippen LogP contribution >= 0.6 is 0 Å². The molecule has 26 heavy (non-hydrogen) atoms. The van der Waals surface area contributed by atoms with Crippen LogP contribution in [0.25, 0.3) is 0 Å². The SMILES string of the molecule is CCCC(=O)N1CCCC(C(=O)N2CCN(C(=O)CCC(C)C)CC2)C1. The molecule has 2 fully saturated rings. The molecule has 2 aliphatic rings. The maximum absolute atomic E-state index is 12.9. The van der Waals surface area contributed by atoms with Crippen LogP contribution in [0.4, 0.5) is 0 Å². The molecule has 2 saturated heterocycles. The van der Waals surface area contributed by atoms with Gasteiger partial charge >= 0.3 is 0 Å². The summed E-state index contributed by atoms with van der Waals surface area (Å²) < 4.78 is 0. The van der Waals surface area contributed by atoms with Crippen molar-refractivity contribution in [2.24, 2.45) is 11.8 Å². The minimum atomic E-state index is -0.0762. The summed E-state index contributed by atoms with van der Waals surface area (Å²) in [6, 6.07) is 0. The van der Waals surface area contributed by atoms with Crippen molar-refractivity contribution in [2.45, 2.75) is 59.3 Å². The molecule has 0 aromatic heterocycles. The van der Waals surface area contributed by atoms with Crippen molar-refractivity contribution >= 4 is 17.7 Å². The maximum Gasteiger partial charge on any atom is 0.227 e. The van der Waals surface area contributed by atoms with Gasteiger partial charge in [-0.3, -0.25) is 14.4 Å². The number of rotatable bonds is 6. The lowest BCUT2D eigenvalue weighted by Gasteiger charge is -2.39. The predicted octanol–water partition coefficient (Wildman–Crippen LogP) is 2.13. The first-order chi connectivity index (χ1) is 12.4. The Kier molecular flexibility index (Phi) is 7.91. The van der Waals surface area contributed by atoms with Crippen LogP contribution in [0.3, 0.4) is 0 Å². The van der Waals surface area contributed by atoms with Crippen LogP contribution in [0.1, 0.15) is 59.3 Å². The van der Waals surface area contributed by atoms with Gasteiger partial charge in [-0.25, -0.2) is 0 Å². The van der Waals surface area contributed by atoms with E-state index in [2.05, 4.69) is 13.8 Å². The Bertz CT molecular complexity index is 499. The predicted molar refractivity (Wildman–Crippen MR) is 101 cm³/mol. The number of hydrogen-bond acceptors (Lipinski definition) is 3. The van der Waals surface area contributed by atoms with Gasteiger partial charge in [0.15, 0.2) is 0 Å². The molecule has 3 amide bonds. The average Bonchev–Trinajstić information content (AvgIpc) is 2.66. The second kappa shape index (κ2) is 9.93. The Morgan fingerprint density at radius 1 is 0.885 bits per heavy atom. The zero-order valence-electron chi connectivity index (χ0n) is 16.7. The van der Waals surface area contributed by atoms with Gasteiger partial charge in [0.05, 0.1) is 5.92 Å². The number of hydrogen-bond donors (Lipinski definition) is 0.